The Morgan fingerprint density at radius 1 is 0.829 bits per heavy atom. The molecule has 9 heteroatoms. The van der Waals surface area contributed by atoms with E-state index in [0.717, 1.165) is 12.0 Å². The van der Waals surface area contributed by atoms with Gasteiger partial charge in [0.2, 0.25) is 0 Å². The van der Waals surface area contributed by atoms with E-state index >= 15 is 0 Å². The third kappa shape index (κ3) is 8.58. The number of methoxy groups -OCH3 is 1. The smallest absolute Gasteiger partial charge is 0.343 e. The monoisotopic (exact) mass is 572 g/mol. The van der Waals surface area contributed by atoms with Crippen LogP contribution in [0.1, 0.15) is 45.2 Å². The molecular formula is C32H29ClN2O6. The van der Waals surface area contributed by atoms with Gasteiger partial charge in [-0.3, -0.25) is 4.79 Å². The minimum atomic E-state index is -0.527. The van der Waals surface area contributed by atoms with Crippen molar-refractivity contribution in [2.75, 3.05) is 13.7 Å². The molecule has 1 amide bonds. The molecule has 1 N–H and O–H groups in total. The number of hydrazone groups is 1. The first-order chi connectivity index (χ1) is 19.9. The Morgan fingerprint density at radius 2 is 1.49 bits per heavy atom. The third-order valence-corrected chi connectivity index (χ3v) is 6.02. The van der Waals surface area contributed by atoms with E-state index in [-0.39, 0.29) is 11.7 Å². The number of benzene rings is 4. The molecular weight excluding hydrogens is 544 g/mol. The van der Waals surface area contributed by atoms with Crippen LogP contribution in [0, 0.1) is 0 Å². The first-order valence-corrected chi connectivity index (χ1v) is 13.3. The Kier molecular flexibility index (Phi) is 10.3. The van der Waals surface area contributed by atoms with E-state index in [9.17, 15) is 9.59 Å². The summed E-state index contributed by atoms with van der Waals surface area (Å²) in [6, 6.07) is 25.8. The number of nitrogens with one attached hydrogen (secondary N) is 1. The molecule has 0 aliphatic carbocycles. The molecule has 0 spiro atoms. The van der Waals surface area contributed by atoms with Crippen molar-refractivity contribution in [2.24, 2.45) is 5.10 Å². The van der Waals surface area contributed by atoms with Crippen molar-refractivity contribution in [3.63, 3.8) is 0 Å². The van der Waals surface area contributed by atoms with Gasteiger partial charge in [0.1, 0.15) is 18.1 Å². The summed E-state index contributed by atoms with van der Waals surface area (Å²) in [5.74, 6) is 1.00. The largest absolute Gasteiger partial charge is 0.494 e. The van der Waals surface area contributed by atoms with Gasteiger partial charge in [-0.15, -0.1) is 0 Å². The zero-order valence-electron chi connectivity index (χ0n) is 22.6. The summed E-state index contributed by atoms with van der Waals surface area (Å²) in [5, 5.41) is 4.69. The SMILES string of the molecule is CCCOc1ccc(C(=O)Oc2ccc(C=NNC(=O)c3ccc(OCc4ccc(Cl)cc4)cc3)cc2OC)cc1. The Balaban J connectivity index is 1.30. The van der Waals surface area contributed by atoms with Gasteiger partial charge in [0, 0.05) is 10.6 Å². The van der Waals surface area contributed by atoms with Crippen molar-refractivity contribution in [3.05, 3.63) is 118 Å². The third-order valence-electron chi connectivity index (χ3n) is 5.77. The molecule has 0 radical (unpaired) electrons. The Morgan fingerprint density at radius 3 is 2.15 bits per heavy atom. The van der Waals surface area contributed by atoms with Crippen molar-refractivity contribution in [2.45, 2.75) is 20.0 Å². The van der Waals surface area contributed by atoms with E-state index in [2.05, 4.69) is 10.5 Å². The number of esters is 1. The second kappa shape index (κ2) is 14.5. The van der Waals surface area contributed by atoms with Gasteiger partial charge < -0.3 is 18.9 Å². The van der Waals surface area contributed by atoms with Crippen LogP contribution in [0.15, 0.2) is 96.1 Å². The lowest BCUT2D eigenvalue weighted by Gasteiger charge is -2.10. The Hall–Kier alpha value is -4.82. The molecule has 0 saturated carbocycles. The van der Waals surface area contributed by atoms with Crippen LogP contribution in [-0.4, -0.2) is 31.8 Å². The summed E-state index contributed by atoms with van der Waals surface area (Å²) in [5.41, 5.74) is 4.91. The molecule has 4 aromatic rings. The zero-order valence-corrected chi connectivity index (χ0v) is 23.4. The first-order valence-electron chi connectivity index (χ1n) is 12.9. The summed E-state index contributed by atoms with van der Waals surface area (Å²) >= 11 is 5.90. The number of carbonyl (C=O) groups excluding carboxylic acids is 2. The zero-order chi connectivity index (χ0) is 29.0. The highest BCUT2D eigenvalue weighted by Gasteiger charge is 2.13. The quantitative estimate of drug-likeness (QED) is 0.0878. The van der Waals surface area contributed by atoms with Crippen LogP contribution in [0.5, 0.6) is 23.0 Å². The molecule has 4 rings (SSSR count). The molecule has 0 bridgehead atoms. The van der Waals surface area contributed by atoms with Crippen LogP contribution in [0.2, 0.25) is 5.02 Å². The molecule has 0 aliphatic heterocycles. The van der Waals surface area contributed by atoms with Crippen molar-refractivity contribution >= 4 is 29.7 Å². The van der Waals surface area contributed by atoms with Gasteiger partial charge >= 0.3 is 5.97 Å². The van der Waals surface area contributed by atoms with Crippen LogP contribution in [0.25, 0.3) is 0 Å². The fourth-order valence-electron chi connectivity index (χ4n) is 3.59. The van der Waals surface area contributed by atoms with Gasteiger partial charge in [0.25, 0.3) is 5.91 Å². The molecule has 4 aromatic carbocycles. The molecule has 41 heavy (non-hydrogen) atoms. The molecule has 210 valence electrons. The summed E-state index contributed by atoms with van der Waals surface area (Å²) < 4.78 is 22.2. The van der Waals surface area contributed by atoms with E-state index in [1.807, 2.05) is 19.1 Å². The average Bonchev–Trinajstić information content (AvgIpc) is 3.00. The molecule has 0 aromatic heterocycles. The molecule has 0 aliphatic rings. The summed E-state index contributed by atoms with van der Waals surface area (Å²) in [6.07, 6.45) is 2.36. The summed E-state index contributed by atoms with van der Waals surface area (Å²) in [6.45, 7) is 3.01. The molecule has 0 atom stereocenters. The lowest BCUT2D eigenvalue weighted by atomic mass is 10.2. The predicted molar refractivity (Wildman–Crippen MR) is 157 cm³/mol. The number of hydrogen-bond acceptors (Lipinski definition) is 7. The summed E-state index contributed by atoms with van der Waals surface area (Å²) in [7, 11) is 1.47. The van der Waals surface area contributed by atoms with Gasteiger partial charge in [0.05, 0.1) is 25.5 Å². The van der Waals surface area contributed by atoms with Gasteiger partial charge in [-0.25, -0.2) is 10.2 Å². The van der Waals surface area contributed by atoms with E-state index in [4.69, 9.17) is 30.5 Å². The van der Waals surface area contributed by atoms with Crippen LogP contribution >= 0.6 is 11.6 Å². The standard InChI is InChI=1S/C32H29ClN2O6/c1-3-18-39-27-15-9-25(10-16-27)32(37)41-29-17-6-23(19-30(29)38-2)20-34-35-31(36)24-7-13-28(14-8-24)40-21-22-4-11-26(33)12-5-22/h4-17,19-20H,3,18,21H2,1-2H3,(H,35,36). The van der Waals surface area contributed by atoms with E-state index in [0.29, 0.717) is 52.2 Å². The molecule has 0 fully saturated rings. The molecule has 0 unspecified atom stereocenters. The lowest BCUT2D eigenvalue weighted by molar-refractivity contribution is 0.0729. The minimum absolute atomic E-state index is 0.253. The number of ether oxygens (including phenoxy) is 4. The van der Waals surface area contributed by atoms with Crippen LogP contribution < -0.4 is 24.4 Å². The van der Waals surface area contributed by atoms with Gasteiger partial charge in [-0.2, -0.15) is 5.10 Å². The fraction of sp³-hybridized carbons (Fsp3) is 0.156. The highest BCUT2D eigenvalue weighted by atomic mass is 35.5. The van der Waals surface area contributed by atoms with E-state index in [1.165, 1.54) is 13.3 Å². The average molecular weight is 573 g/mol. The predicted octanol–water partition coefficient (Wildman–Crippen LogP) is 6.70. The second-order valence-corrected chi connectivity index (χ2v) is 9.25. The second-order valence-electron chi connectivity index (χ2n) is 8.81. The maximum Gasteiger partial charge on any atom is 0.343 e. The van der Waals surface area contributed by atoms with Gasteiger partial charge in [-0.05, 0) is 96.4 Å². The maximum absolute atomic E-state index is 12.6. The number of hydrogen-bond donors (Lipinski definition) is 1. The number of halogens is 1. The fourth-order valence-corrected chi connectivity index (χ4v) is 3.72. The van der Waals surface area contributed by atoms with E-state index in [1.54, 1.807) is 78.9 Å². The normalized spacial score (nSPS) is 10.7. The Labute approximate surface area is 243 Å². The topological polar surface area (TPSA) is 95.5 Å². The van der Waals surface area contributed by atoms with Crippen molar-refractivity contribution in [1.29, 1.82) is 0 Å². The van der Waals surface area contributed by atoms with Crippen molar-refractivity contribution in [1.82, 2.24) is 5.43 Å². The minimum Gasteiger partial charge on any atom is -0.494 e. The summed E-state index contributed by atoms with van der Waals surface area (Å²) in [4.78, 5) is 25.1. The number of carbonyl (C=O) groups is 2. The van der Waals surface area contributed by atoms with Crippen LogP contribution in [-0.2, 0) is 6.61 Å². The molecule has 0 saturated heterocycles. The van der Waals surface area contributed by atoms with Crippen molar-refractivity contribution in [3.8, 4) is 23.0 Å². The molecule has 0 heterocycles. The van der Waals surface area contributed by atoms with Crippen LogP contribution in [0.3, 0.4) is 0 Å². The lowest BCUT2D eigenvalue weighted by Crippen LogP contribution is -2.17. The van der Waals surface area contributed by atoms with E-state index < -0.39 is 5.97 Å². The Bertz CT molecular complexity index is 1490. The van der Waals surface area contributed by atoms with Crippen LogP contribution in [0.4, 0.5) is 0 Å². The molecule has 8 nitrogen and oxygen atoms in total. The van der Waals surface area contributed by atoms with Crippen molar-refractivity contribution < 1.29 is 28.5 Å². The number of nitrogens with zero attached hydrogens (tertiary/aromatic N) is 1. The van der Waals surface area contributed by atoms with Gasteiger partial charge in [-0.1, -0.05) is 30.7 Å². The first kappa shape index (κ1) is 29.2. The number of amides is 1. The van der Waals surface area contributed by atoms with Gasteiger partial charge in [0.15, 0.2) is 11.5 Å². The number of rotatable bonds is 12. The highest BCUT2D eigenvalue weighted by Crippen LogP contribution is 2.28. The maximum atomic E-state index is 12.6. The highest BCUT2D eigenvalue weighted by molar-refractivity contribution is 6.30.